The average Bonchev–Trinajstić information content (AvgIpc) is 2.84. The van der Waals surface area contributed by atoms with Gasteiger partial charge in [0.1, 0.15) is 0 Å². The molecule has 1 aliphatic rings. The first kappa shape index (κ1) is 9.96. The van der Waals surface area contributed by atoms with Crippen molar-refractivity contribution < 1.29 is 9.84 Å². The van der Waals surface area contributed by atoms with Gasteiger partial charge in [0.15, 0.2) is 0 Å². The second-order valence-electron chi connectivity index (χ2n) is 3.94. The van der Waals surface area contributed by atoms with Crippen LogP contribution in [0.15, 0.2) is 0 Å². The molecule has 3 heteroatoms. The molecular formula is C9H19NO2. The highest BCUT2D eigenvalue weighted by Gasteiger charge is 2.49. The lowest BCUT2D eigenvalue weighted by molar-refractivity contribution is 0.0110. The normalized spacial score (nSPS) is 25.0. The number of ether oxygens (including phenoxy) is 1. The van der Waals surface area contributed by atoms with Crippen molar-refractivity contribution in [3.8, 4) is 0 Å². The molecule has 2 unspecified atom stereocenters. The maximum Gasteiger partial charge on any atom is 0.0655 e. The zero-order valence-electron chi connectivity index (χ0n) is 7.92. The molecule has 0 heterocycles. The first-order chi connectivity index (χ1) is 5.66. The van der Waals surface area contributed by atoms with Crippen molar-refractivity contribution in [1.29, 1.82) is 0 Å². The summed E-state index contributed by atoms with van der Waals surface area (Å²) in [5.74, 6) is 0.195. The van der Waals surface area contributed by atoms with E-state index in [1.54, 1.807) is 7.11 Å². The summed E-state index contributed by atoms with van der Waals surface area (Å²) >= 11 is 0. The van der Waals surface area contributed by atoms with Crippen molar-refractivity contribution in [2.24, 2.45) is 17.1 Å². The van der Waals surface area contributed by atoms with Crippen LogP contribution in [-0.4, -0.2) is 31.5 Å². The van der Waals surface area contributed by atoms with Crippen LogP contribution in [0.2, 0.25) is 0 Å². The summed E-state index contributed by atoms with van der Waals surface area (Å²) in [6, 6.07) is 0. The molecule has 0 amide bonds. The zero-order valence-corrected chi connectivity index (χ0v) is 7.92. The van der Waals surface area contributed by atoms with E-state index in [4.69, 9.17) is 10.5 Å². The molecule has 3 N–H and O–H groups in total. The highest BCUT2D eigenvalue weighted by Crippen LogP contribution is 2.49. The number of aliphatic hydroxyl groups excluding tert-OH is 1. The maximum atomic E-state index is 9.88. The van der Waals surface area contributed by atoms with Gasteiger partial charge in [-0.2, -0.15) is 0 Å². The fourth-order valence-corrected chi connectivity index (χ4v) is 1.74. The highest BCUT2D eigenvalue weighted by molar-refractivity contribution is 5.00. The van der Waals surface area contributed by atoms with Gasteiger partial charge in [0.2, 0.25) is 0 Å². The molecule has 0 saturated heterocycles. The van der Waals surface area contributed by atoms with E-state index in [0.29, 0.717) is 13.2 Å². The average molecular weight is 173 g/mol. The smallest absolute Gasteiger partial charge is 0.0655 e. The van der Waals surface area contributed by atoms with Gasteiger partial charge in [-0.3, -0.25) is 0 Å². The largest absolute Gasteiger partial charge is 0.392 e. The van der Waals surface area contributed by atoms with Crippen molar-refractivity contribution in [2.45, 2.75) is 25.9 Å². The van der Waals surface area contributed by atoms with E-state index in [9.17, 15) is 5.11 Å². The van der Waals surface area contributed by atoms with Gasteiger partial charge < -0.3 is 15.6 Å². The SMILES string of the molecule is COCC(C)C(O)C1(CN)CC1. The van der Waals surface area contributed by atoms with Crippen LogP contribution in [0.4, 0.5) is 0 Å². The van der Waals surface area contributed by atoms with Crippen LogP contribution in [0.3, 0.4) is 0 Å². The fraction of sp³-hybridized carbons (Fsp3) is 1.00. The Kier molecular flexibility index (Phi) is 3.09. The number of hydrogen-bond donors (Lipinski definition) is 2. The number of methoxy groups -OCH3 is 1. The third kappa shape index (κ3) is 1.79. The topological polar surface area (TPSA) is 55.5 Å². The summed E-state index contributed by atoms with van der Waals surface area (Å²) in [5, 5.41) is 9.88. The number of nitrogens with two attached hydrogens (primary N) is 1. The molecule has 0 radical (unpaired) electrons. The summed E-state index contributed by atoms with van der Waals surface area (Å²) in [6.07, 6.45) is 1.85. The number of aliphatic hydroxyl groups is 1. The summed E-state index contributed by atoms with van der Waals surface area (Å²) in [7, 11) is 1.66. The van der Waals surface area contributed by atoms with E-state index in [1.165, 1.54) is 0 Å². The number of hydrogen-bond acceptors (Lipinski definition) is 3. The lowest BCUT2D eigenvalue weighted by Crippen LogP contribution is -2.36. The quantitative estimate of drug-likeness (QED) is 0.631. The third-order valence-electron chi connectivity index (χ3n) is 2.89. The van der Waals surface area contributed by atoms with Crippen LogP contribution in [-0.2, 0) is 4.74 Å². The minimum Gasteiger partial charge on any atom is -0.392 e. The predicted octanol–water partition coefficient (Wildman–Crippen LogP) is 0.369. The molecule has 0 aliphatic heterocycles. The Bertz CT molecular complexity index is 145. The molecule has 0 bridgehead atoms. The monoisotopic (exact) mass is 173 g/mol. The molecule has 1 fully saturated rings. The minimum atomic E-state index is -0.289. The van der Waals surface area contributed by atoms with E-state index < -0.39 is 0 Å². The van der Waals surface area contributed by atoms with Crippen LogP contribution in [0.5, 0.6) is 0 Å². The Labute approximate surface area is 73.9 Å². The summed E-state index contributed by atoms with van der Waals surface area (Å²) in [5.41, 5.74) is 5.63. The van der Waals surface area contributed by atoms with Crippen molar-refractivity contribution in [1.82, 2.24) is 0 Å². The lowest BCUT2D eigenvalue weighted by Gasteiger charge is -2.25. The standard InChI is InChI=1S/C9H19NO2/c1-7(5-12-2)8(11)9(6-10)3-4-9/h7-8,11H,3-6,10H2,1-2H3. The third-order valence-corrected chi connectivity index (χ3v) is 2.89. The molecule has 12 heavy (non-hydrogen) atoms. The molecule has 72 valence electrons. The van der Waals surface area contributed by atoms with E-state index in [-0.39, 0.29) is 17.4 Å². The van der Waals surface area contributed by atoms with Crippen molar-refractivity contribution in [3.63, 3.8) is 0 Å². The second-order valence-corrected chi connectivity index (χ2v) is 3.94. The molecule has 0 aromatic heterocycles. The van der Waals surface area contributed by atoms with Gasteiger partial charge in [-0.1, -0.05) is 6.92 Å². The van der Waals surface area contributed by atoms with Gasteiger partial charge in [-0.05, 0) is 12.8 Å². The van der Waals surface area contributed by atoms with Crippen LogP contribution < -0.4 is 5.73 Å². The van der Waals surface area contributed by atoms with Gasteiger partial charge in [0, 0.05) is 25.0 Å². The molecule has 0 aromatic rings. The maximum absolute atomic E-state index is 9.88. The molecular weight excluding hydrogens is 154 g/mol. The second kappa shape index (κ2) is 3.73. The van der Waals surface area contributed by atoms with Crippen LogP contribution in [0, 0.1) is 11.3 Å². The van der Waals surface area contributed by atoms with Crippen LogP contribution in [0.25, 0.3) is 0 Å². The summed E-state index contributed by atoms with van der Waals surface area (Å²) < 4.78 is 4.99. The van der Waals surface area contributed by atoms with Gasteiger partial charge in [-0.15, -0.1) is 0 Å². The van der Waals surface area contributed by atoms with E-state index >= 15 is 0 Å². The van der Waals surface area contributed by atoms with Crippen molar-refractivity contribution in [2.75, 3.05) is 20.3 Å². The summed E-state index contributed by atoms with van der Waals surface area (Å²) in [6.45, 7) is 3.22. The molecule has 1 rings (SSSR count). The van der Waals surface area contributed by atoms with Crippen molar-refractivity contribution in [3.05, 3.63) is 0 Å². The first-order valence-electron chi connectivity index (χ1n) is 4.53. The Morgan fingerprint density at radius 3 is 2.50 bits per heavy atom. The number of rotatable bonds is 5. The molecule has 1 saturated carbocycles. The lowest BCUT2D eigenvalue weighted by atomic mass is 9.90. The van der Waals surface area contributed by atoms with E-state index in [1.807, 2.05) is 6.92 Å². The Balaban J connectivity index is 2.40. The van der Waals surface area contributed by atoms with Crippen molar-refractivity contribution >= 4 is 0 Å². The fourth-order valence-electron chi connectivity index (χ4n) is 1.74. The highest BCUT2D eigenvalue weighted by atomic mass is 16.5. The first-order valence-corrected chi connectivity index (χ1v) is 4.53. The molecule has 0 aromatic carbocycles. The Morgan fingerprint density at radius 1 is 1.58 bits per heavy atom. The summed E-state index contributed by atoms with van der Waals surface area (Å²) in [4.78, 5) is 0. The van der Waals surface area contributed by atoms with Crippen LogP contribution >= 0.6 is 0 Å². The van der Waals surface area contributed by atoms with E-state index in [2.05, 4.69) is 0 Å². The predicted molar refractivity (Wildman–Crippen MR) is 47.8 cm³/mol. The van der Waals surface area contributed by atoms with Gasteiger partial charge in [-0.25, -0.2) is 0 Å². The van der Waals surface area contributed by atoms with Crippen LogP contribution in [0.1, 0.15) is 19.8 Å². The molecule has 2 atom stereocenters. The Hall–Kier alpha value is -0.120. The van der Waals surface area contributed by atoms with Gasteiger partial charge in [0.05, 0.1) is 12.7 Å². The Morgan fingerprint density at radius 2 is 2.17 bits per heavy atom. The molecule has 3 nitrogen and oxygen atoms in total. The minimum absolute atomic E-state index is 0.0257. The molecule has 0 spiro atoms. The van der Waals surface area contributed by atoms with Gasteiger partial charge in [0.25, 0.3) is 0 Å². The molecule has 1 aliphatic carbocycles. The zero-order chi connectivity index (χ0) is 9.19. The van der Waals surface area contributed by atoms with Gasteiger partial charge >= 0.3 is 0 Å². The van der Waals surface area contributed by atoms with E-state index in [0.717, 1.165) is 12.8 Å².